The molecule has 0 spiro atoms. The number of likely N-dealkylation sites (tertiary alicyclic amines) is 1. The topological polar surface area (TPSA) is 69.6 Å². The van der Waals surface area contributed by atoms with Crippen molar-refractivity contribution in [2.24, 2.45) is 5.92 Å². The van der Waals surface area contributed by atoms with E-state index in [1.165, 1.54) is 6.07 Å². The lowest BCUT2D eigenvalue weighted by atomic mass is 9.99. The average molecular weight is 304 g/mol. The van der Waals surface area contributed by atoms with Gasteiger partial charge in [-0.2, -0.15) is 0 Å². The average Bonchev–Trinajstić information content (AvgIpc) is 2.86. The Morgan fingerprint density at radius 3 is 3.00 bits per heavy atom. The number of sulfonamides is 1. The van der Waals surface area contributed by atoms with Crippen LogP contribution in [0.2, 0.25) is 0 Å². The molecular weight excluding hydrogens is 284 g/mol. The molecule has 0 bridgehead atoms. The number of hydrogen-bond acceptors (Lipinski definition) is 5. The normalized spacial score (nSPS) is 21.7. The molecule has 1 unspecified atom stereocenters. The second-order valence-corrected chi connectivity index (χ2v) is 7.96. The first-order valence-electron chi connectivity index (χ1n) is 6.38. The lowest BCUT2D eigenvalue weighted by Crippen LogP contribution is -2.38. The Kier molecular flexibility index (Phi) is 4.97. The molecule has 1 aliphatic heterocycles. The van der Waals surface area contributed by atoms with Crippen LogP contribution in [0.25, 0.3) is 0 Å². The van der Waals surface area contributed by atoms with E-state index < -0.39 is 10.0 Å². The molecular formula is C12H20N2O3S2. The standard InChI is InChI=1S/C12H20N2O3S2/c1-14-4-2-3-10(7-14)6-13-19(16,17)12-5-11(8-15)9-18-12/h5,9-10,13,15H,2-4,6-8H2,1H3. The fraction of sp³-hybridized carbons (Fsp3) is 0.667. The van der Waals surface area contributed by atoms with Crippen LogP contribution in [0.3, 0.4) is 0 Å². The third-order valence-corrected chi connectivity index (χ3v) is 6.27. The van der Waals surface area contributed by atoms with Crippen LogP contribution in [0.1, 0.15) is 18.4 Å². The third kappa shape index (κ3) is 4.00. The zero-order valence-electron chi connectivity index (χ0n) is 11.0. The largest absolute Gasteiger partial charge is 0.392 e. The molecule has 0 aliphatic carbocycles. The van der Waals surface area contributed by atoms with E-state index in [-0.39, 0.29) is 10.8 Å². The first-order valence-corrected chi connectivity index (χ1v) is 8.74. The van der Waals surface area contributed by atoms with Gasteiger partial charge in [0.25, 0.3) is 0 Å². The zero-order valence-corrected chi connectivity index (χ0v) is 12.6. The fourth-order valence-corrected chi connectivity index (χ4v) is 4.68. The molecule has 0 radical (unpaired) electrons. The van der Waals surface area contributed by atoms with E-state index in [1.54, 1.807) is 5.38 Å². The van der Waals surface area contributed by atoms with Gasteiger partial charge in [-0.05, 0) is 49.4 Å². The van der Waals surface area contributed by atoms with Gasteiger partial charge < -0.3 is 10.0 Å². The van der Waals surface area contributed by atoms with Crippen molar-refractivity contribution in [2.45, 2.75) is 23.7 Å². The number of aliphatic hydroxyl groups excluding tert-OH is 1. The van der Waals surface area contributed by atoms with Gasteiger partial charge in [0.05, 0.1) is 6.61 Å². The van der Waals surface area contributed by atoms with Gasteiger partial charge >= 0.3 is 0 Å². The van der Waals surface area contributed by atoms with Crippen LogP contribution in [-0.2, 0) is 16.6 Å². The van der Waals surface area contributed by atoms with Gasteiger partial charge in [0.2, 0.25) is 10.0 Å². The maximum atomic E-state index is 12.1. The minimum atomic E-state index is -3.43. The summed E-state index contributed by atoms with van der Waals surface area (Å²) >= 11 is 1.15. The summed E-state index contributed by atoms with van der Waals surface area (Å²) in [5.41, 5.74) is 0.641. The first-order chi connectivity index (χ1) is 9.01. The molecule has 1 aliphatic rings. The van der Waals surface area contributed by atoms with Gasteiger partial charge in [-0.3, -0.25) is 0 Å². The van der Waals surface area contributed by atoms with Crippen molar-refractivity contribution in [3.05, 3.63) is 17.0 Å². The molecule has 2 heterocycles. The van der Waals surface area contributed by atoms with Gasteiger partial charge in [0.1, 0.15) is 4.21 Å². The number of piperidine rings is 1. The first kappa shape index (κ1) is 14.9. The molecule has 0 saturated carbocycles. The van der Waals surface area contributed by atoms with Crippen molar-refractivity contribution in [1.29, 1.82) is 0 Å². The number of thiophene rings is 1. The number of hydrogen-bond donors (Lipinski definition) is 2. The van der Waals surface area contributed by atoms with Crippen molar-refractivity contribution < 1.29 is 13.5 Å². The molecule has 2 rings (SSSR count). The van der Waals surface area contributed by atoms with Crippen LogP contribution in [-0.4, -0.2) is 45.1 Å². The number of aliphatic hydroxyl groups is 1. The van der Waals surface area contributed by atoms with Gasteiger partial charge in [-0.25, -0.2) is 13.1 Å². The molecule has 7 heteroatoms. The van der Waals surface area contributed by atoms with Crippen molar-refractivity contribution in [3.8, 4) is 0 Å². The van der Waals surface area contributed by atoms with Crippen molar-refractivity contribution in [3.63, 3.8) is 0 Å². The predicted molar refractivity (Wildman–Crippen MR) is 75.7 cm³/mol. The molecule has 0 aromatic carbocycles. The predicted octanol–water partition coefficient (Wildman–Crippen LogP) is 0.861. The van der Waals surface area contributed by atoms with E-state index in [0.717, 1.165) is 37.3 Å². The Hall–Kier alpha value is -0.470. The molecule has 1 aromatic heterocycles. The second kappa shape index (κ2) is 6.32. The molecule has 0 amide bonds. The monoisotopic (exact) mass is 304 g/mol. The van der Waals surface area contributed by atoms with Crippen LogP contribution in [0, 0.1) is 5.92 Å². The summed E-state index contributed by atoms with van der Waals surface area (Å²) in [4.78, 5) is 2.23. The van der Waals surface area contributed by atoms with Crippen molar-refractivity contribution in [2.75, 3.05) is 26.7 Å². The van der Waals surface area contributed by atoms with E-state index in [4.69, 9.17) is 5.11 Å². The Bertz CT molecular complexity index is 513. The van der Waals surface area contributed by atoms with Gasteiger partial charge in [0.15, 0.2) is 0 Å². The highest BCUT2D eigenvalue weighted by Gasteiger charge is 2.21. The summed E-state index contributed by atoms with van der Waals surface area (Å²) in [6.45, 7) is 2.39. The number of rotatable bonds is 5. The maximum Gasteiger partial charge on any atom is 0.250 e. The smallest absolute Gasteiger partial charge is 0.250 e. The summed E-state index contributed by atoms with van der Waals surface area (Å²) in [5.74, 6) is 0.380. The fourth-order valence-electron chi connectivity index (χ4n) is 2.32. The quantitative estimate of drug-likeness (QED) is 0.846. The Labute approximate surface area is 118 Å². The van der Waals surface area contributed by atoms with Crippen molar-refractivity contribution in [1.82, 2.24) is 9.62 Å². The molecule has 108 valence electrons. The molecule has 1 saturated heterocycles. The Morgan fingerprint density at radius 1 is 1.58 bits per heavy atom. The van der Waals surface area contributed by atoms with Crippen LogP contribution in [0.15, 0.2) is 15.7 Å². The van der Waals surface area contributed by atoms with Crippen LogP contribution >= 0.6 is 11.3 Å². The van der Waals surface area contributed by atoms with E-state index in [0.29, 0.717) is 18.0 Å². The Morgan fingerprint density at radius 2 is 2.37 bits per heavy atom. The molecule has 1 fully saturated rings. The summed E-state index contributed by atoms with van der Waals surface area (Å²) in [7, 11) is -1.36. The highest BCUT2D eigenvalue weighted by Crippen LogP contribution is 2.21. The summed E-state index contributed by atoms with van der Waals surface area (Å²) in [5, 5.41) is 10.6. The lowest BCUT2D eigenvalue weighted by Gasteiger charge is -2.29. The summed E-state index contributed by atoms with van der Waals surface area (Å²) in [6, 6.07) is 1.53. The summed E-state index contributed by atoms with van der Waals surface area (Å²) in [6.07, 6.45) is 2.19. The van der Waals surface area contributed by atoms with Crippen LogP contribution in [0.4, 0.5) is 0 Å². The maximum absolute atomic E-state index is 12.1. The summed E-state index contributed by atoms with van der Waals surface area (Å²) < 4.78 is 27.1. The van der Waals surface area contributed by atoms with Gasteiger partial charge in [0, 0.05) is 13.1 Å². The van der Waals surface area contributed by atoms with Crippen LogP contribution < -0.4 is 4.72 Å². The highest BCUT2D eigenvalue weighted by atomic mass is 32.2. The second-order valence-electron chi connectivity index (χ2n) is 5.05. The molecule has 1 aromatic rings. The van der Waals surface area contributed by atoms with E-state index in [9.17, 15) is 8.42 Å². The van der Waals surface area contributed by atoms with E-state index >= 15 is 0 Å². The van der Waals surface area contributed by atoms with Crippen LogP contribution in [0.5, 0.6) is 0 Å². The van der Waals surface area contributed by atoms with Crippen molar-refractivity contribution >= 4 is 21.4 Å². The van der Waals surface area contributed by atoms with E-state index in [2.05, 4.69) is 16.7 Å². The van der Waals surface area contributed by atoms with Gasteiger partial charge in [-0.15, -0.1) is 11.3 Å². The van der Waals surface area contributed by atoms with Gasteiger partial charge in [-0.1, -0.05) is 0 Å². The lowest BCUT2D eigenvalue weighted by molar-refractivity contribution is 0.211. The highest BCUT2D eigenvalue weighted by molar-refractivity contribution is 7.91. The molecule has 1 atom stereocenters. The SMILES string of the molecule is CN1CCCC(CNS(=O)(=O)c2cc(CO)cs2)C1. The minimum absolute atomic E-state index is 0.126. The van der Waals surface area contributed by atoms with E-state index in [1.807, 2.05) is 0 Å². The third-order valence-electron chi connectivity index (χ3n) is 3.36. The molecule has 2 N–H and O–H groups in total. The number of nitrogens with one attached hydrogen (secondary N) is 1. The molecule has 19 heavy (non-hydrogen) atoms. The molecule has 5 nitrogen and oxygen atoms in total. The zero-order chi connectivity index (χ0) is 13.9. The number of nitrogens with zero attached hydrogens (tertiary/aromatic N) is 1. The minimum Gasteiger partial charge on any atom is -0.392 e. The Balaban J connectivity index is 1.93.